The monoisotopic (exact) mass is 1260 g/mol. The number of esters is 2. The quantitative estimate of drug-likeness (QED) is 0.0458. The molecule has 0 bridgehead atoms. The van der Waals surface area contributed by atoms with E-state index in [-0.39, 0.29) is 18.3 Å². The highest BCUT2D eigenvalue weighted by molar-refractivity contribution is 5.87. The van der Waals surface area contributed by atoms with Crippen LogP contribution in [0.3, 0.4) is 0 Å². The molecule has 4 saturated heterocycles. The van der Waals surface area contributed by atoms with Gasteiger partial charge in [0.15, 0.2) is 37.4 Å². The van der Waals surface area contributed by atoms with Crippen molar-refractivity contribution in [2.45, 2.75) is 235 Å². The molecule has 4 heterocycles. The van der Waals surface area contributed by atoms with Gasteiger partial charge in [-0.05, 0) is 96.0 Å². The van der Waals surface area contributed by atoms with Crippen molar-refractivity contribution in [2.75, 3.05) is 26.4 Å². The van der Waals surface area contributed by atoms with Gasteiger partial charge in [0.05, 0.1) is 44.1 Å². The third-order valence-corrected chi connectivity index (χ3v) is 22.7. The molecule has 26 nitrogen and oxygen atoms in total. The summed E-state index contributed by atoms with van der Waals surface area (Å²) in [6.45, 7) is 13.3. The van der Waals surface area contributed by atoms with Crippen LogP contribution in [0.25, 0.3) is 6.08 Å². The molecule has 1 unspecified atom stereocenters. The Morgan fingerprint density at radius 1 is 0.640 bits per heavy atom. The minimum atomic E-state index is -2.22. The summed E-state index contributed by atoms with van der Waals surface area (Å²) in [5.41, 5.74) is -2.92. The lowest BCUT2D eigenvalue weighted by molar-refractivity contribution is -0.399. The number of fused-ring (bicyclic) bond motifs is 7. The number of rotatable bonds is 15. The number of hydrogen-bond acceptors (Lipinski definition) is 25. The van der Waals surface area contributed by atoms with Crippen LogP contribution in [0, 0.1) is 50.2 Å². The third-order valence-electron chi connectivity index (χ3n) is 22.7. The minimum Gasteiger partial charge on any atom is -0.479 e. The fourth-order valence-corrected chi connectivity index (χ4v) is 17.7. The summed E-state index contributed by atoms with van der Waals surface area (Å²) in [4.78, 5) is 40.0. The van der Waals surface area contributed by atoms with Crippen LogP contribution in [0.5, 0.6) is 0 Å². The van der Waals surface area contributed by atoms with E-state index in [9.17, 15) is 80.8 Å². The van der Waals surface area contributed by atoms with Crippen LogP contribution in [0.2, 0.25) is 0 Å². The molecule has 29 atom stereocenters. The molecule has 26 heteroatoms. The van der Waals surface area contributed by atoms with Gasteiger partial charge in [-0.1, -0.05) is 90.4 Å². The van der Waals surface area contributed by atoms with Crippen LogP contribution in [0.15, 0.2) is 48.1 Å². The molecular formula is C63H92O26. The molecular weight excluding hydrogens is 1170 g/mol. The van der Waals surface area contributed by atoms with Gasteiger partial charge in [-0.25, -0.2) is 9.59 Å². The van der Waals surface area contributed by atoms with E-state index in [4.69, 9.17) is 47.4 Å². The van der Waals surface area contributed by atoms with Crippen molar-refractivity contribution in [3.63, 3.8) is 0 Å². The SMILES string of the molecule is CC(=O)O[C@H]1[C@H](OC(=O)C=Cc2ccccc2)[C@@]2(CO)C(CC1(C)C)C1=CC[C@@H]3[C@@]4(C)CC[C@H](O[C@@H]5O[C@H](C(=O)O)[C@@H](O)[C@H](O[C@@H]6OC[C@H](O)[C@H](O)[C@H]6O[C@@H]6OC[C@@H](O)[C@H](O)[C@H]6O)[C@H]5O[C@@H]5O[C@H](CO)[C@H](O)[C@H](O)[C@H]5O)C(C)(C)[C@@H]4CC[C@@]3(C)[C@]1(C)C[C@H]2O. The number of carboxylic acids is 1. The van der Waals surface area contributed by atoms with Gasteiger partial charge in [-0.3, -0.25) is 4.79 Å². The molecule has 4 saturated carbocycles. The Kier molecular flexibility index (Phi) is 19.6. The lowest BCUT2D eigenvalue weighted by Gasteiger charge is -2.72. The first kappa shape index (κ1) is 68.2. The Morgan fingerprint density at radius 2 is 1.28 bits per heavy atom. The molecule has 4 aliphatic heterocycles. The molecule has 0 amide bonds. The fraction of sp³-hybridized carbons (Fsp3) is 0.794. The van der Waals surface area contributed by atoms with E-state index in [0.717, 1.165) is 11.1 Å². The molecule has 9 aliphatic rings. The molecule has 0 aromatic heterocycles. The maximum Gasteiger partial charge on any atom is 0.335 e. The average molecular weight is 1270 g/mol. The van der Waals surface area contributed by atoms with Crippen LogP contribution in [0.4, 0.5) is 0 Å². The van der Waals surface area contributed by atoms with E-state index in [1.165, 1.54) is 13.0 Å². The lowest BCUT2D eigenvalue weighted by Crippen LogP contribution is -2.72. The Hall–Kier alpha value is -3.69. The van der Waals surface area contributed by atoms with Crippen molar-refractivity contribution in [3.8, 4) is 0 Å². The lowest BCUT2D eigenvalue weighted by atomic mass is 9.33. The van der Waals surface area contributed by atoms with Crippen LogP contribution < -0.4 is 0 Å². The van der Waals surface area contributed by atoms with Gasteiger partial charge in [0.2, 0.25) is 0 Å². The summed E-state index contributed by atoms with van der Waals surface area (Å²) in [5, 5.41) is 144. The van der Waals surface area contributed by atoms with E-state index in [2.05, 4.69) is 26.8 Å². The van der Waals surface area contributed by atoms with E-state index in [0.29, 0.717) is 38.5 Å². The molecule has 89 heavy (non-hydrogen) atoms. The summed E-state index contributed by atoms with van der Waals surface area (Å²) in [6.07, 6.45) is -29.6. The summed E-state index contributed by atoms with van der Waals surface area (Å²) in [7, 11) is 0. The number of aliphatic hydroxyl groups excluding tert-OH is 12. The zero-order valence-corrected chi connectivity index (χ0v) is 51.5. The number of hydrogen-bond donors (Lipinski definition) is 13. The minimum absolute atomic E-state index is 0.0239. The van der Waals surface area contributed by atoms with Crippen molar-refractivity contribution in [3.05, 3.63) is 53.6 Å². The second-order valence-corrected chi connectivity index (χ2v) is 28.4. The molecule has 500 valence electrons. The van der Waals surface area contributed by atoms with Gasteiger partial charge in [-0.2, -0.15) is 0 Å². The summed E-state index contributed by atoms with van der Waals surface area (Å²) in [6, 6.07) is 9.16. The van der Waals surface area contributed by atoms with Crippen LogP contribution in [0.1, 0.15) is 106 Å². The first-order chi connectivity index (χ1) is 41.8. The first-order valence-electron chi connectivity index (χ1n) is 31.0. The second-order valence-electron chi connectivity index (χ2n) is 28.4. The Labute approximate surface area is 516 Å². The van der Waals surface area contributed by atoms with Crippen molar-refractivity contribution in [1.82, 2.24) is 0 Å². The Balaban J connectivity index is 0.958. The zero-order valence-electron chi connectivity index (χ0n) is 51.5. The van der Waals surface area contributed by atoms with Crippen LogP contribution >= 0.6 is 0 Å². The summed E-state index contributed by atoms with van der Waals surface area (Å²) >= 11 is 0. The number of aliphatic carboxylic acids is 1. The topological polar surface area (TPSA) is 407 Å². The molecule has 1 aromatic carbocycles. The number of carbonyl (C=O) groups is 3. The number of carboxylic acid groups (broad SMARTS) is 1. The largest absolute Gasteiger partial charge is 0.479 e. The fourth-order valence-electron chi connectivity index (χ4n) is 17.7. The predicted octanol–water partition coefficient (Wildman–Crippen LogP) is -0.444. The van der Waals surface area contributed by atoms with Crippen LogP contribution in [-0.2, 0) is 61.8 Å². The van der Waals surface area contributed by atoms with E-state index >= 15 is 0 Å². The molecule has 5 aliphatic carbocycles. The number of ether oxygens (including phenoxy) is 10. The van der Waals surface area contributed by atoms with Gasteiger partial charge in [0.1, 0.15) is 85.5 Å². The smallest absolute Gasteiger partial charge is 0.335 e. The van der Waals surface area contributed by atoms with Crippen molar-refractivity contribution in [1.29, 1.82) is 0 Å². The van der Waals surface area contributed by atoms with Gasteiger partial charge in [0, 0.05) is 18.4 Å². The van der Waals surface area contributed by atoms with Crippen LogP contribution in [-0.4, -0.2) is 246 Å². The molecule has 10 rings (SSSR count). The standard InChI is InChI=1S/C63H92O26/c1-28(66)82-51-52(85-39(70)17-14-29-12-10-9-11-13-29)63(27-65)31(22-58(51,2)3)30-15-16-36-60(6)20-19-38(59(4,5)35(60)18-21-61(36,7)62(30,8)23-37(63)69)84-57-50(89-55-45(76)43(74)42(73)34(24-64)83-55)47(46(77)48(87-57)53(78)79)86-56-49(41(72)33(68)26-81-56)88-54-44(75)40(71)32(67)25-80-54/h9-15,17,31-38,40-52,54-57,64-65,67-69,71-77H,16,18-27H2,1-8H3,(H,78,79)/t31?,32-,33+,34-,35+,36-,37-,38+,40+,41+,42+,43+,44-,45-,46+,47+,48+,49-,50-,51+,52+,54+,55+,56+,57-,60+,61-,62-,63+/m1/s1. The maximum absolute atomic E-state index is 13.9. The van der Waals surface area contributed by atoms with Gasteiger partial charge in [-0.15, -0.1) is 0 Å². The van der Waals surface area contributed by atoms with Crippen molar-refractivity contribution >= 4 is 24.0 Å². The van der Waals surface area contributed by atoms with E-state index in [1.807, 2.05) is 58.0 Å². The number of aliphatic hydroxyl groups is 12. The highest BCUT2D eigenvalue weighted by atomic mass is 16.8. The van der Waals surface area contributed by atoms with Gasteiger partial charge in [0.25, 0.3) is 0 Å². The first-order valence-corrected chi connectivity index (χ1v) is 31.0. The molecule has 0 spiro atoms. The number of allylic oxidation sites excluding steroid dienone is 2. The van der Waals surface area contributed by atoms with E-state index in [1.54, 1.807) is 6.08 Å². The van der Waals surface area contributed by atoms with E-state index < -0.39 is 218 Å². The molecule has 1 aromatic rings. The Bertz CT molecular complexity index is 2750. The summed E-state index contributed by atoms with van der Waals surface area (Å²) < 4.78 is 61.1. The molecule has 8 fully saturated rings. The number of benzene rings is 1. The summed E-state index contributed by atoms with van der Waals surface area (Å²) in [5.74, 6) is -3.70. The second kappa shape index (κ2) is 25.6. The molecule has 13 N–H and O–H groups in total. The third kappa shape index (κ3) is 11.8. The maximum atomic E-state index is 13.9. The van der Waals surface area contributed by atoms with Crippen molar-refractivity contribution < 1.29 is 128 Å². The van der Waals surface area contributed by atoms with Gasteiger partial charge < -0.3 is 114 Å². The van der Waals surface area contributed by atoms with Gasteiger partial charge >= 0.3 is 17.9 Å². The average Bonchev–Trinajstić information content (AvgIpc) is 0.675. The molecule has 0 radical (unpaired) electrons. The normalized spacial score (nSPS) is 48.6. The zero-order chi connectivity index (χ0) is 64.8. The highest BCUT2D eigenvalue weighted by Gasteiger charge is 2.74. The predicted molar refractivity (Wildman–Crippen MR) is 304 cm³/mol. The number of carbonyl (C=O) groups excluding carboxylic acids is 2. The van der Waals surface area contributed by atoms with Crippen molar-refractivity contribution in [2.24, 2.45) is 50.2 Å². The Morgan fingerprint density at radius 3 is 1.93 bits per heavy atom. The highest BCUT2D eigenvalue weighted by Crippen LogP contribution is 2.76.